The number of halogens is 3. The second-order valence-corrected chi connectivity index (χ2v) is 6.18. The van der Waals surface area contributed by atoms with E-state index in [9.17, 15) is 18.0 Å². The zero-order valence-electron chi connectivity index (χ0n) is 15.8. The SMILES string of the molecule is Cc1ccc(Nc2ccc(NCCNC(=O)Nc3ccc(F)c(F)c3F)nn2)nc1. The molecule has 4 N–H and O–H groups in total. The molecule has 0 atom stereocenters. The molecule has 0 saturated heterocycles. The molecule has 0 unspecified atom stereocenters. The minimum atomic E-state index is -1.65. The Morgan fingerprint density at radius 2 is 1.63 bits per heavy atom. The van der Waals surface area contributed by atoms with Gasteiger partial charge < -0.3 is 21.3 Å². The molecule has 3 rings (SSSR count). The van der Waals surface area contributed by atoms with Crippen molar-refractivity contribution in [2.75, 3.05) is 29.0 Å². The molecular weight excluding hydrogens is 399 g/mol. The summed E-state index contributed by atoms with van der Waals surface area (Å²) in [6, 6.07) is 8.04. The van der Waals surface area contributed by atoms with E-state index in [1.54, 1.807) is 18.3 Å². The van der Waals surface area contributed by atoms with Crippen LogP contribution >= 0.6 is 0 Å². The molecule has 156 valence electrons. The van der Waals surface area contributed by atoms with Crippen molar-refractivity contribution in [3.05, 3.63) is 65.6 Å². The zero-order valence-corrected chi connectivity index (χ0v) is 15.8. The van der Waals surface area contributed by atoms with Crippen LogP contribution in [0.4, 0.5) is 41.1 Å². The first-order valence-corrected chi connectivity index (χ1v) is 8.88. The molecule has 0 aliphatic rings. The Bertz CT molecular complexity index is 1010. The lowest BCUT2D eigenvalue weighted by atomic mass is 10.3. The average molecular weight is 417 g/mol. The third-order valence-electron chi connectivity index (χ3n) is 3.83. The van der Waals surface area contributed by atoms with E-state index in [-0.39, 0.29) is 6.54 Å². The summed E-state index contributed by atoms with van der Waals surface area (Å²) in [6.45, 7) is 2.40. The number of amides is 2. The number of aromatic nitrogens is 3. The highest BCUT2D eigenvalue weighted by Crippen LogP contribution is 2.19. The van der Waals surface area contributed by atoms with E-state index in [1.807, 2.05) is 19.1 Å². The molecule has 30 heavy (non-hydrogen) atoms. The first-order valence-electron chi connectivity index (χ1n) is 8.88. The van der Waals surface area contributed by atoms with Gasteiger partial charge in [0.1, 0.15) is 11.6 Å². The number of rotatable bonds is 7. The number of aryl methyl sites for hydroxylation is 1. The number of pyridine rings is 1. The summed E-state index contributed by atoms with van der Waals surface area (Å²) in [5.74, 6) is -2.81. The lowest BCUT2D eigenvalue weighted by Gasteiger charge is -2.10. The van der Waals surface area contributed by atoms with Crippen LogP contribution in [0.25, 0.3) is 0 Å². The highest BCUT2D eigenvalue weighted by Gasteiger charge is 2.14. The summed E-state index contributed by atoms with van der Waals surface area (Å²) in [6.07, 6.45) is 1.73. The van der Waals surface area contributed by atoms with Gasteiger partial charge in [-0.25, -0.2) is 22.9 Å². The molecule has 0 saturated carbocycles. The maximum atomic E-state index is 13.5. The number of anilines is 4. The Labute approximate surface area is 169 Å². The molecule has 0 aliphatic heterocycles. The van der Waals surface area contributed by atoms with Crippen LogP contribution in [-0.4, -0.2) is 34.3 Å². The van der Waals surface area contributed by atoms with Crippen LogP contribution in [0.2, 0.25) is 0 Å². The Morgan fingerprint density at radius 1 is 0.900 bits per heavy atom. The van der Waals surface area contributed by atoms with E-state index in [0.717, 1.165) is 17.7 Å². The molecule has 0 bridgehead atoms. The maximum Gasteiger partial charge on any atom is 0.319 e. The number of hydrogen-bond acceptors (Lipinski definition) is 6. The van der Waals surface area contributed by atoms with Crippen LogP contribution in [0.15, 0.2) is 42.6 Å². The third kappa shape index (κ3) is 5.56. The fourth-order valence-electron chi connectivity index (χ4n) is 2.32. The molecule has 1 aromatic carbocycles. The van der Waals surface area contributed by atoms with Gasteiger partial charge in [0.25, 0.3) is 0 Å². The monoisotopic (exact) mass is 417 g/mol. The Kier molecular flexibility index (Phi) is 6.63. The van der Waals surface area contributed by atoms with Gasteiger partial charge in [0, 0.05) is 19.3 Å². The first-order chi connectivity index (χ1) is 14.4. The van der Waals surface area contributed by atoms with Crippen molar-refractivity contribution in [2.45, 2.75) is 6.92 Å². The van der Waals surface area contributed by atoms with Crippen molar-refractivity contribution >= 4 is 29.2 Å². The summed E-state index contributed by atoms with van der Waals surface area (Å²) in [7, 11) is 0. The number of nitrogens with zero attached hydrogens (tertiary/aromatic N) is 3. The van der Waals surface area contributed by atoms with Crippen molar-refractivity contribution in [3.63, 3.8) is 0 Å². The molecule has 8 nitrogen and oxygen atoms in total. The maximum absolute atomic E-state index is 13.5. The highest BCUT2D eigenvalue weighted by atomic mass is 19.2. The third-order valence-corrected chi connectivity index (χ3v) is 3.83. The highest BCUT2D eigenvalue weighted by molar-refractivity contribution is 5.89. The topological polar surface area (TPSA) is 104 Å². The van der Waals surface area contributed by atoms with Crippen molar-refractivity contribution in [2.24, 2.45) is 0 Å². The second kappa shape index (κ2) is 9.54. The standard InChI is InChI=1S/C19H18F3N7O/c1-11-2-5-14(25-10-11)27-16-7-6-15(28-29-16)23-8-9-24-19(30)26-13-4-3-12(20)17(21)18(13)22/h2-7,10H,8-9H2,1H3,(H,23,28)(H2,24,26,30)(H,25,27,29). The summed E-state index contributed by atoms with van der Waals surface area (Å²) in [4.78, 5) is 16.0. The summed E-state index contributed by atoms with van der Waals surface area (Å²) >= 11 is 0. The van der Waals surface area contributed by atoms with E-state index < -0.39 is 29.2 Å². The molecule has 0 fully saturated rings. The Morgan fingerprint density at radius 3 is 2.33 bits per heavy atom. The molecule has 11 heteroatoms. The van der Waals surface area contributed by atoms with E-state index in [4.69, 9.17) is 0 Å². The van der Waals surface area contributed by atoms with Crippen molar-refractivity contribution in [3.8, 4) is 0 Å². The number of nitrogens with one attached hydrogen (secondary N) is 4. The predicted octanol–water partition coefficient (Wildman–Crippen LogP) is 3.57. The summed E-state index contributed by atoms with van der Waals surface area (Å²) in [5.41, 5.74) is 0.583. The van der Waals surface area contributed by atoms with E-state index >= 15 is 0 Å². The predicted molar refractivity (Wildman–Crippen MR) is 106 cm³/mol. The van der Waals surface area contributed by atoms with E-state index in [0.29, 0.717) is 24.0 Å². The van der Waals surface area contributed by atoms with Crippen LogP contribution in [0.5, 0.6) is 0 Å². The molecule has 0 aliphatic carbocycles. The quantitative estimate of drug-likeness (QED) is 0.346. The van der Waals surface area contributed by atoms with Crippen LogP contribution < -0.4 is 21.3 Å². The second-order valence-electron chi connectivity index (χ2n) is 6.18. The van der Waals surface area contributed by atoms with Gasteiger partial charge in [0.05, 0.1) is 5.69 Å². The number of urea groups is 1. The number of carbonyl (C=O) groups is 1. The summed E-state index contributed by atoms with van der Waals surface area (Å²) < 4.78 is 39.6. The molecule has 2 aromatic heterocycles. The lowest BCUT2D eigenvalue weighted by molar-refractivity contribution is 0.252. The zero-order chi connectivity index (χ0) is 21.5. The van der Waals surface area contributed by atoms with Gasteiger partial charge in [0.15, 0.2) is 23.3 Å². The largest absolute Gasteiger partial charge is 0.367 e. The van der Waals surface area contributed by atoms with E-state index in [1.165, 1.54) is 0 Å². The number of benzene rings is 1. The van der Waals surface area contributed by atoms with Crippen molar-refractivity contribution in [1.29, 1.82) is 0 Å². The van der Waals surface area contributed by atoms with Crippen molar-refractivity contribution in [1.82, 2.24) is 20.5 Å². The summed E-state index contributed by atoms with van der Waals surface area (Å²) in [5, 5.41) is 18.5. The number of carbonyl (C=O) groups excluding carboxylic acids is 1. The van der Waals surface area contributed by atoms with Gasteiger partial charge in [0.2, 0.25) is 0 Å². The van der Waals surface area contributed by atoms with Crippen molar-refractivity contribution < 1.29 is 18.0 Å². The normalized spacial score (nSPS) is 10.4. The number of hydrogen-bond donors (Lipinski definition) is 4. The lowest BCUT2D eigenvalue weighted by Crippen LogP contribution is -2.33. The Hall–Kier alpha value is -3.89. The molecule has 0 radical (unpaired) electrons. The van der Waals surface area contributed by atoms with Gasteiger partial charge in [-0.3, -0.25) is 0 Å². The smallest absolute Gasteiger partial charge is 0.319 e. The fraction of sp³-hybridized carbons (Fsp3) is 0.158. The van der Waals surface area contributed by atoms with Crippen LogP contribution in [-0.2, 0) is 0 Å². The fourth-order valence-corrected chi connectivity index (χ4v) is 2.32. The van der Waals surface area contributed by atoms with Gasteiger partial charge in [-0.15, -0.1) is 10.2 Å². The van der Waals surface area contributed by atoms with Crippen LogP contribution in [0.3, 0.4) is 0 Å². The molecular formula is C19H18F3N7O. The minimum absolute atomic E-state index is 0.159. The molecule has 2 amide bonds. The van der Waals surface area contributed by atoms with E-state index in [2.05, 4.69) is 36.4 Å². The molecule has 3 aromatic rings. The molecule has 2 heterocycles. The molecule has 0 spiro atoms. The minimum Gasteiger partial charge on any atom is -0.367 e. The van der Waals surface area contributed by atoms with Gasteiger partial charge in [-0.1, -0.05) is 6.07 Å². The van der Waals surface area contributed by atoms with Crippen LogP contribution in [0.1, 0.15) is 5.56 Å². The van der Waals surface area contributed by atoms with Gasteiger partial charge in [-0.2, -0.15) is 0 Å². The average Bonchev–Trinajstić information content (AvgIpc) is 2.74. The van der Waals surface area contributed by atoms with Gasteiger partial charge in [-0.05, 0) is 42.8 Å². The van der Waals surface area contributed by atoms with Gasteiger partial charge >= 0.3 is 6.03 Å². The first kappa shape index (κ1) is 20.8. The van der Waals surface area contributed by atoms with Crippen LogP contribution in [0, 0.1) is 24.4 Å². The Balaban J connectivity index is 1.41.